The van der Waals surface area contributed by atoms with Crippen LogP contribution in [0.2, 0.25) is 0 Å². The molecule has 0 atom stereocenters. The first kappa shape index (κ1) is 13.6. The molecule has 2 rings (SSSR count). The maximum atomic E-state index is 12.5. The first-order valence-corrected chi connectivity index (χ1v) is 7.15. The fourth-order valence-electron chi connectivity index (χ4n) is 1.78. The van der Waals surface area contributed by atoms with Crippen molar-refractivity contribution >= 4 is 15.7 Å². The summed E-state index contributed by atoms with van der Waals surface area (Å²) in [5.41, 5.74) is 0.564. The number of aliphatic hydroxyl groups excluding tert-OH is 1. The molecule has 2 aromatic rings. The van der Waals surface area contributed by atoms with Gasteiger partial charge in [0.2, 0.25) is 0 Å². The maximum absolute atomic E-state index is 12.5. The lowest BCUT2D eigenvalue weighted by Gasteiger charge is -2.18. The molecule has 19 heavy (non-hydrogen) atoms. The molecule has 1 aromatic heterocycles. The van der Waals surface area contributed by atoms with E-state index in [0.29, 0.717) is 5.69 Å². The number of anilines is 1. The molecule has 0 radical (unpaired) electrons. The highest BCUT2D eigenvalue weighted by Crippen LogP contribution is 2.26. The van der Waals surface area contributed by atoms with Crippen LogP contribution in [0.5, 0.6) is 0 Å². The highest BCUT2D eigenvalue weighted by Gasteiger charge is 2.26. The second-order valence-electron chi connectivity index (χ2n) is 4.10. The van der Waals surface area contributed by atoms with Gasteiger partial charge in [-0.15, -0.1) is 0 Å². The zero-order chi connectivity index (χ0) is 14.0. The van der Waals surface area contributed by atoms with Crippen LogP contribution in [0.3, 0.4) is 0 Å². The van der Waals surface area contributed by atoms with E-state index in [2.05, 4.69) is 0 Å². The largest absolute Gasteiger partial charge is 0.462 e. The number of furan rings is 1. The molecule has 0 aliphatic carbocycles. The number of aryl methyl sites for hydroxylation is 1. The Morgan fingerprint density at radius 2 is 1.89 bits per heavy atom. The van der Waals surface area contributed by atoms with E-state index in [4.69, 9.17) is 9.52 Å². The van der Waals surface area contributed by atoms with Crippen LogP contribution in [0.25, 0.3) is 0 Å². The van der Waals surface area contributed by atoms with Crippen LogP contribution >= 0.6 is 0 Å². The second kappa shape index (κ2) is 5.07. The topological polar surface area (TPSA) is 70.8 Å². The number of rotatable bonds is 4. The molecule has 1 aromatic carbocycles. The summed E-state index contributed by atoms with van der Waals surface area (Å²) in [7, 11) is -2.20. The Morgan fingerprint density at radius 1 is 1.26 bits per heavy atom. The number of hydrogen-bond acceptors (Lipinski definition) is 4. The van der Waals surface area contributed by atoms with Crippen molar-refractivity contribution in [2.45, 2.75) is 18.4 Å². The summed E-state index contributed by atoms with van der Waals surface area (Å²) < 4.78 is 31.3. The van der Waals surface area contributed by atoms with Crippen molar-refractivity contribution in [3.63, 3.8) is 0 Å². The maximum Gasteiger partial charge on any atom is 0.267 e. The van der Waals surface area contributed by atoms with E-state index in [9.17, 15) is 8.42 Å². The Kier molecular flexibility index (Phi) is 3.64. The first-order valence-electron chi connectivity index (χ1n) is 5.71. The fraction of sp³-hybridized carbons (Fsp3) is 0.231. The smallest absolute Gasteiger partial charge is 0.267 e. The average molecular weight is 281 g/mol. The summed E-state index contributed by atoms with van der Waals surface area (Å²) in [6, 6.07) is 10.1. The number of sulfonamides is 1. The summed E-state index contributed by atoms with van der Waals surface area (Å²) in [5.74, 6) is 0.504. The third-order valence-corrected chi connectivity index (χ3v) is 4.73. The number of benzene rings is 1. The lowest BCUT2D eigenvalue weighted by atomic mass is 10.3. The lowest BCUT2D eigenvalue weighted by Crippen LogP contribution is -2.26. The van der Waals surface area contributed by atoms with Crippen molar-refractivity contribution in [3.05, 3.63) is 47.9 Å². The summed E-state index contributed by atoms with van der Waals surface area (Å²) in [6.45, 7) is 1.23. The van der Waals surface area contributed by atoms with Gasteiger partial charge in [0.05, 0.1) is 5.69 Å². The number of hydrogen-bond donors (Lipinski definition) is 1. The third-order valence-electron chi connectivity index (χ3n) is 2.84. The van der Waals surface area contributed by atoms with E-state index in [1.807, 2.05) is 6.07 Å². The average Bonchev–Trinajstić information content (AvgIpc) is 2.81. The van der Waals surface area contributed by atoms with Gasteiger partial charge in [0.1, 0.15) is 23.0 Å². The van der Waals surface area contributed by atoms with Crippen LogP contribution in [0.1, 0.15) is 11.5 Å². The van der Waals surface area contributed by atoms with Crippen LogP contribution in [0.15, 0.2) is 45.7 Å². The highest BCUT2D eigenvalue weighted by atomic mass is 32.2. The minimum absolute atomic E-state index is 0.0721. The second-order valence-corrected chi connectivity index (χ2v) is 6.04. The molecule has 1 heterocycles. The number of nitrogens with zero attached hydrogens (tertiary/aromatic N) is 1. The van der Waals surface area contributed by atoms with Gasteiger partial charge >= 0.3 is 0 Å². The SMILES string of the molecule is Cc1oc(CO)cc1S(=O)(=O)N(C)c1ccccc1. The Morgan fingerprint density at radius 3 is 2.42 bits per heavy atom. The highest BCUT2D eigenvalue weighted by molar-refractivity contribution is 7.92. The Hall–Kier alpha value is -1.79. The van der Waals surface area contributed by atoms with Crippen molar-refractivity contribution in [1.29, 1.82) is 0 Å². The first-order chi connectivity index (χ1) is 8.96. The van der Waals surface area contributed by atoms with Gasteiger partial charge in [-0.2, -0.15) is 0 Å². The van der Waals surface area contributed by atoms with Gasteiger partial charge in [0.15, 0.2) is 0 Å². The van der Waals surface area contributed by atoms with E-state index >= 15 is 0 Å². The van der Waals surface area contributed by atoms with E-state index in [-0.39, 0.29) is 23.0 Å². The Bertz CT molecular complexity index is 661. The van der Waals surface area contributed by atoms with Gasteiger partial charge in [0.25, 0.3) is 10.0 Å². The summed E-state index contributed by atoms with van der Waals surface area (Å²) in [4.78, 5) is 0.0721. The van der Waals surface area contributed by atoms with Gasteiger partial charge in [-0.05, 0) is 19.1 Å². The molecule has 0 aliphatic heterocycles. The molecule has 0 aliphatic rings. The van der Waals surface area contributed by atoms with Crippen molar-refractivity contribution in [1.82, 2.24) is 0 Å². The monoisotopic (exact) mass is 281 g/mol. The van der Waals surface area contributed by atoms with Crippen molar-refractivity contribution < 1.29 is 17.9 Å². The molecule has 0 fully saturated rings. The van der Waals surface area contributed by atoms with Crippen LogP contribution in [0.4, 0.5) is 5.69 Å². The van der Waals surface area contributed by atoms with Gasteiger partial charge in [0, 0.05) is 13.1 Å². The van der Waals surface area contributed by atoms with Crippen LogP contribution in [-0.2, 0) is 16.6 Å². The normalized spacial score (nSPS) is 11.5. The molecule has 0 amide bonds. The van der Waals surface area contributed by atoms with Crippen LogP contribution < -0.4 is 4.31 Å². The van der Waals surface area contributed by atoms with Gasteiger partial charge in [-0.3, -0.25) is 4.31 Å². The van der Waals surface area contributed by atoms with Crippen LogP contribution in [-0.4, -0.2) is 20.6 Å². The Balaban J connectivity index is 2.45. The zero-order valence-corrected chi connectivity index (χ0v) is 11.5. The van der Waals surface area contributed by atoms with E-state index in [1.54, 1.807) is 31.2 Å². The van der Waals surface area contributed by atoms with Crippen molar-refractivity contribution in [2.75, 3.05) is 11.4 Å². The molecule has 0 spiro atoms. The minimum Gasteiger partial charge on any atom is -0.462 e. The van der Waals surface area contributed by atoms with E-state index < -0.39 is 10.0 Å². The predicted molar refractivity (Wildman–Crippen MR) is 71.4 cm³/mol. The minimum atomic E-state index is -3.68. The van der Waals surface area contributed by atoms with Gasteiger partial charge in [-0.25, -0.2) is 8.42 Å². The van der Waals surface area contributed by atoms with Gasteiger partial charge < -0.3 is 9.52 Å². The van der Waals surface area contributed by atoms with E-state index in [1.165, 1.54) is 17.4 Å². The quantitative estimate of drug-likeness (QED) is 0.929. The van der Waals surface area contributed by atoms with E-state index in [0.717, 1.165) is 0 Å². The molecule has 0 saturated carbocycles. The summed E-state index contributed by atoms with van der Waals surface area (Å²) >= 11 is 0. The molecular formula is C13H15NO4S. The molecule has 0 saturated heterocycles. The third kappa shape index (κ3) is 2.50. The molecule has 102 valence electrons. The number of para-hydroxylation sites is 1. The predicted octanol–water partition coefficient (Wildman–Crippen LogP) is 1.91. The molecule has 1 N–H and O–H groups in total. The Labute approximate surface area is 112 Å². The number of aliphatic hydroxyl groups is 1. The zero-order valence-electron chi connectivity index (χ0n) is 10.7. The van der Waals surface area contributed by atoms with Crippen molar-refractivity contribution in [3.8, 4) is 0 Å². The molecule has 6 heteroatoms. The summed E-state index contributed by atoms with van der Waals surface area (Å²) in [5, 5.41) is 8.99. The molecular weight excluding hydrogens is 266 g/mol. The van der Waals surface area contributed by atoms with Gasteiger partial charge in [-0.1, -0.05) is 18.2 Å². The fourth-order valence-corrected chi connectivity index (χ4v) is 3.16. The molecule has 5 nitrogen and oxygen atoms in total. The summed E-state index contributed by atoms with van der Waals surface area (Å²) in [6.07, 6.45) is 0. The molecule has 0 unspecified atom stereocenters. The standard InChI is InChI=1S/C13H15NO4S/c1-10-13(8-12(9-15)18-10)19(16,17)14(2)11-6-4-3-5-7-11/h3-8,15H,9H2,1-2H3. The lowest BCUT2D eigenvalue weighted by molar-refractivity contribution is 0.244. The van der Waals surface area contributed by atoms with Crippen LogP contribution in [0, 0.1) is 6.92 Å². The van der Waals surface area contributed by atoms with Crippen molar-refractivity contribution in [2.24, 2.45) is 0 Å². The molecule has 0 bridgehead atoms.